The number of nitrogens with one attached hydrogen (secondary N) is 2. The Morgan fingerprint density at radius 3 is 2.69 bits per heavy atom. The van der Waals surface area contributed by atoms with Crippen LogP contribution in [0.2, 0.25) is 0 Å². The largest absolute Gasteiger partial charge is 0.370 e. The Morgan fingerprint density at radius 2 is 2.19 bits per heavy atom. The average molecular weight is 229 g/mol. The molecule has 7 nitrogen and oxygen atoms in total. The quantitative estimate of drug-likeness (QED) is 0.165. The molecule has 0 aliphatic heterocycles. The number of nitrogens with two attached hydrogens (primary N) is 2. The van der Waals surface area contributed by atoms with E-state index in [1.165, 1.54) is 0 Å². The van der Waals surface area contributed by atoms with Crippen LogP contribution in [0.15, 0.2) is 4.99 Å². The summed E-state index contributed by atoms with van der Waals surface area (Å²) in [4.78, 5) is 25.6. The van der Waals surface area contributed by atoms with Gasteiger partial charge in [-0.15, -0.1) is 0 Å². The van der Waals surface area contributed by atoms with E-state index in [0.29, 0.717) is 25.7 Å². The fourth-order valence-corrected chi connectivity index (χ4v) is 1.11. The zero-order valence-corrected chi connectivity index (χ0v) is 9.40. The van der Waals surface area contributed by atoms with Crippen LogP contribution in [0.5, 0.6) is 0 Å². The molecule has 0 spiro atoms. The van der Waals surface area contributed by atoms with E-state index in [1.54, 1.807) is 7.05 Å². The van der Waals surface area contributed by atoms with Gasteiger partial charge in [0.15, 0.2) is 5.96 Å². The lowest BCUT2D eigenvalue weighted by Gasteiger charge is -2.11. The molecule has 16 heavy (non-hydrogen) atoms. The minimum atomic E-state index is -0.477. The monoisotopic (exact) mass is 229 g/mol. The molecule has 92 valence electrons. The number of carbonyl (C=O) groups excluding carboxylic acids is 2. The third-order valence-electron chi connectivity index (χ3n) is 1.82. The molecule has 0 radical (unpaired) electrons. The van der Waals surface area contributed by atoms with Gasteiger partial charge in [-0.05, 0) is 19.9 Å². The molecule has 0 saturated carbocycles. The first-order valence-corrected chi connectivity index (χ1v) is 5.04. The van der Waals surface area contributed by atoms with Gasteiger partial charge >= 0.3 is 0 Å². The SMILES string of the molecule is CNCC(=O)NC(C=O)CCCN=C(N)N. The molecule has 0 bridgehead atoms. The van der Waals surface area contributed by atoms with Crippen LogP contribution in [0.1, 0.15) is 12.8 Å². The molecule has 0 saturated heterocycles. The third-order valence-corrected chi connectivity index (χ3v) is 1.82. The summed E-state index contributed by atoms with van der Waals surface area (Å²) in [5.74, 6) is -0.177. The van der Waals surface area contributed by atoms with Crippen LogP contribution in [0.4, 0.5) is 0 Å². The van der Waals surface area contributed by atoms with Crippen LogP contribution < -0.4 is 22.1 Å². The summed E-state index contributed by atoms with van der Waals surface area (Å²) in [6, 6.07) is -0.477. The second kappa shape index (κ2) is 8.66. The molecule has 7 heteroatoms. The van der Waals surface area contributed by atoms with Crippen LogP contribution in [0.3, 0.4) is 0 Å². The highest BCUT2D eigenvalue weighted by Gasteiger charge is 2.09. The molecule has 0 aromatic rings. The van der Waals surface area contributed by atoms with Gasteiger partial charge < -0.3 is 26.9 Å². The lowest BCUT2D eigenvalue weighted by atomic mass is 10.2. The summed E-state index contributed by atoms with van der Waals surface area (Å²) in [6.07, 6.45) is 1.87. The number of amides is 1. The highest BCUT2D eigenvalue weighted by Crippen LogP contribution is 1.95. The predicted octanol–water partition coefficient (Wildman–Crippen LogP) is -2.06. The van der Waals surface area contributed by atoms with E-state index in [1.807, 2.05) is 0 Å². The molecule has 0 heterocycles. The maximum Gasteiger partial charge on any atom is 0.234 e. The van der Waals surface area contributed by atoms with E-state index in [9.17, 15) is 9.59 Å². The first kappa shape index (κ1) is 14.4. The van der Waals surface area contributed by atoms with Crippen molar-refractivity contribution in [3.05, 3.63) is 0 Å². The van der Waals surface area contributed by atoms with Crippen LogP contribution in [0, 0.1) is 0 Å². The van der Waals surface area contributed by atoms with Gasteiger partial charge in [0, 0.05) is 6.54 Å². The van der Waals surface area contributed by atoms with Crippen molar-refractivity contribution >= 4 is 18.2 Å². The van der Waals surface area contributed by atoms with Gasteiger partial charge in [0.1, 0.15) is 6.29 Å². The Morgan fingerprint density at radius 1 is 1.50 bits per heavy atom. The molecule has 0 aromatic carbocycles. The number of likely N-dealkylation sites (N-methyl/N-ethyl adjacent to an activating group) is 1. The first-order valence-electron chi connectivity index (χ1n) is 5.04. The van der Waals surface area contributed by atoms with Crippen LogP contribution >= 0.6 is 0 Å². The highest BCUT2D eigenvalue weighted by atomic mass is 16.2. The van der Waals surface area contributed by atoms with Crippen molar-refractivity contribution in [2.75, 3.05) is 20.1 Å². The van der Waals surface area contributed by atoms with Crippen LogP contribution in [-0.2, 0) is 9.59 Å². The molecule has 1 amide bonds. The fraction of sp³-hybridized carbons (Fsp3) is 0.667. The van der Waals surface area contributed by atoms with Crippen molar-refractivity contribution in [2.24, 2.45) is 16.5 Å². The minimum Gasteiger partial charge on any atom is -0.370 e. The molecular weight excluding hydrogens is 210 g/mol. The number of aldehydes is 1. The summed E-state index contributed by atoms with van der Waals surface area (Å²) in [5, 5.41) is 5.27. The molecule has 0 fully saturated rings. The maximum atomic E-state index is 11.2. The van der Waals surface area contributed by atoms with Crippen molar-refractivity contribution in [3.8, 4) is 0 Å². The summed E-state index contributed by atoms with van der Waals surface area (Å²) < 4.78 is 0. The standard InChI is InChI=1S/C9H19N5O2/c1-12-5-8(16)14-7(6-15)3-2-4-13-9(10)11/h6-7,12H,2-5H2,1H3,(H,14,16)(H4,10,11,13). The summed E-state index contributed by atoms with van der Waals surface area (Å²) >= 11 is 0. The summed E-state index contributed by atoms with van der Waals surface area (Å²) in [7, 11) is 1.66. The first-order chi connectivity index (χ1) is 7.60. The lowest BCUT2D eigenvalue weighted by molar-refractivity contribution is -0.123. The van der Waals surface area contributed by atoms with E-state index in [2.05, 4.69) is 15.6 Å². The van der Waals surface area contributed by atoms with E-state index in [-0.39, 0.29) is 18.4 Å². The molecule has 6 N–H and O–H groups in total. The second-order valence-corrected chi connectivity index (χ2v) is 3.29. The minimum absolute atomic E-state index is 0.0295. The van der Waals surface area contributed by atoms with Gasteiger partial charge in [0.2, 0.25) is 5.91 Å². The average Bonchev–Trinajstić information content (AvgIpc) is 2.22. The predicted molar refractivity (Wildman–Crippen MR) is 61.8 cm³/mol. The summed E-state index contributed by atoms with van der Waals surface area (Å²) in [6.45, 7) is 0.646. The van der Waals surface area contributed by atoms with Crippen LogP contribution in [-0.4, -0.2) is 44.3 Å². The number of nitrogens with zero attached hydrogens (tertiary/aromatic N) is 1. The molecular formula is C9H19N5O2. The van der Waals surface area contributed by atoms with Gasteiger partial charge in [-0.25, -0.2) is 0 Å². The third kappa shape index (κ3) is 7.74. The van der Waals surface area contributed by atoms with Gasteiger partial charge in [-0.2, -0.15) is 0 Å². The lowest BCUT2D eigenvalue weighted by Crippen LogP contribution is -2.40. The number of guanidine groups is 1. The normalized spacial score (nSPS) is 11.6. The van der Waals surface area contributed by atoms with Crippen molar-refractivity contribution in [2.45, 2.75) is 18.9 Å². The molecule has 1 atom stereocenters. The zero-order valence-electron chi connectivity index (χ0n) is 9.40. The number of hydrogen-bond acceptors (Lipinski definition) is 4. The topological polar surface area (TPSA) is 123 Å². The molecule has 0 aliphatic rings. The maximum absolute atomic E-state index is 11.2. The molecule has 0 aliphatic carbocycles. The van der Waals surface area contributed by atoms with Gasteiger partial charge in [-0.3, -0.25) is 9.79 Å². The number of carbonyl (C=O) groups is 2. The van der Waals surface area contributed by atoms with E-state index < -0.39 is 6.04 Å². The van der Waals surface area contributed by atoms with Gasteiger partial charge in [-0.1, -0.05) is 0 Å². The summed E-state index contributed by atoms with van der Waals surface area (Å²) in [5.41, 5.74) is 10.3. The van der Waals surface area contributed by atoms with Gasteiger partial charge in [0.05, 0.1) is 12.6 Å². The number of aliphatic imine (C=N–C) groups is 1. The smallest absolute Gasteiger partial charge is 0.234 e. The molecule has 1 unspecified atom stereocenters. The van der Waals surface area contributed by atoms with E-state index >= 15 is 0 Å². The van der Waals surface area contributed by atoms with Crippen molar-refractivity contribution in [1.29, 1.82) is 0 Å². The number of rotatable bonds is 8. The Balaban J connectivity index is 3.79. The van der Waals surface area contributed by atoms with Crippen molar-refractivity contribution in [3.63, 3.8) is 0 Å². The number of hydrogen-bond donors (Lipinski definition) is 4. The van der Waals surface area contributed by atoms with Crippen molar-refractivity contribution < 1.29 is 9.59 Å². The Labute approximate surface area is 94.7 Å². The highest BCUT2D eigenvalue weighted by molar-refractivity contribution is 5.81. The fourth-order valence-electron chi connectivity index (χ4n) is 1.11. The van der Waals surface area contributed by atoms with Crippen molar-refractivity contribution in [1.82, 2.24) is 10.6 Å². The molecule has 0 aromatic heterocycles. The Hall–Kier alpha value is -1.63. The molecule has 0 rings (SSSR count). The van der Waals surface area contributed by atoms with E-state index in [4.69, 9.17) is 11.5 Å². The van der Waals surface area contributed by atoms with E-state index in [0.717, 1.165) is 0 Å². The zero-order chi connectivity index (χ0) is 12.4. The van der Waals surface area contributed by atoms with Gasteiger partial charge in [0.25, 0.3) is 0 Å². The second-order valence-electron chi connectivity index (χ2n) is 3.29. The van der Waals surface area contributed by atoms with Crippen LogP contribution in [0.25, 0.3) is 0 Å². The Kier molecular flexibility index (Phi) is 7.78. The Bertz CT molecular complexity index is 250.